The van der Waals surface area contributed by atoms with Gasteiger partial charge in [-0.3, -0.25) is 4.98 Å². The first-order chi connectivity index (χ1) is 8.11. The van der Waals surface area contributed by atoms with Crippen LogP contribution in [0.3, 0.4) is 0 Å². The second-order valence-electron chi connectivity index (χ2n) is 3.36. The Balaban J connectivity index is 2.73. The normalized spacial score (nSPS) is 10.2. The summed E-state index contributed by atoms with van der Waals surface area (Å²) in [5, 5.41) is 18.6. The van der Waals surface area contributed by atoms with Gasteiger partial charge >= 0.3 is 5.97 Å². The van der Waals surface area contributed by atoms with Gasteiger partial charge in [0.2, 0.25) is 0 Å². The van der Waals surface area contributed by atoms with Gasteiger partial charge in [-0.2, -0.15) is 0 Å². The van der Waals surface area contributed by atoms with Crippen molar-refractivity contribution in [2.24, 2.45) is 0 Å². The van der Waals surface area contributed by atoms with Crippen molar-refractivity contribution >= 4 is 5.97 Å². The number of phenolic OH excluding ortho intramolecular Hbond substituents is 1. The van der Waals surface area contributed by atoms with Crippen LogP contribution in [0, 0.1) is 5.82 Å². The number of rotatable bonds is 2. The molecule has 0 unspecified atom stereocenters. The molecule has 0 atom stereocenters. The Bertz CT molecular complexity index is 563. The number of carboxylic acids is 1. The van der Waals surface area contributed by atoms with E-state index in [1.165, 1.54) is 30.6 Å². The summed E-state index contributed by atoms with van der Waals surface area (Å²) in [4.78, 5) is 14.7. The second-order valence-corrected chi connectivity index (χ2v) is 3.36. The van der Waals surface area contributed by atoms with Crippen molar-refractivity contribution in [3.05, 3.63) is 48.0 Å². The SMILES string of the molecule is O=C(O)c1ccncc1-c1c(O)cccc1F. The molecule has 0 saturated carbocycles. The van der Waals surface area contributed by atoms with Crippen LogP contribution in [0.25, 0.3) is 11.1 Å². The monoisotopic (exact) mass is 233 g/mol. The number of aromatic carboxylic acids is 1. The Labute approximate surface area is 96.0 Å². The van der Waals surface area contributed by atoms with Gasteiger partial charge in [0.25, 0.3) is 0 Å². The van der Waals surface area contributed by atoms with Crippen molar-refractivity contribution in [3.8, 4) is 16.9 Å². The Morgan fingerprint density at radius 2 is 2.06 bits per heavy atom. The van der Waals surface area contributed by atoms with Gasteiger partial charge < -0.3 is 10.2 Å². The van der Waals surface area contributed by atoms with E-state index in [1.54, 1.807) is 0 Å². The van der Waals surface area contributed by atoms with Crippen LogP contribution in [0.4, 0.5) is 4.39 Å². The molecule has 2 N–H and O–H groups in total. The van der Waals surface area contributed by atoms with E-state index in [9.17, 15) is 14.3 Å². The molecule has 17 heavy (non-hydrogen) atoms. The van der Waals surface area contributed by atoms with Crippen LogP contribution in [0.5, 0.6) is 5.75 Å². The van der Waals surface area contributed by atoms with Crippen molar-refractivity contribution in [1.82, 2.24) is 4.98 Å². The van der Waals surface area contributed by atoms with Crippen molar-refractivity contribution in [1.29, 1.82) is 0 Å². The molecule has 86 valence electrons. The lowest BCUT2D eigenvalue weighted by Crippen LogP contribution is -2.01. The molecule has 2 rings (SSSR count). The largest absolute Gasteiger partial charge is 0.507 e. The maximum Gasteiger partial charge on any atom is 0.336 e. The molecular weight excluding hydrogens is 225 g/mol. The summed E-state index contributed by atoms with van der Waals surface area (Å²) in [5.74, 6) is -2.22. The highest BCUT2D eigenvalue weighted by atomic mass is 19.1. The summed E-state index contributed by atoms with van der Waals surface area (Å²) in [6.45, 7) is 0. The molecule has 1 heterocycles. The Hall–Kier alpha value is -2.43. The number of pyridine rings is 1. The lowest BCUT2D eigenvalue weighted by molar-refractivity contribution is 0.0697. The van der Waals surface area contributed by atoms with Gasteiger partial charge in [-0.05, 0) is 18.2 Å². The highest BCUT2D eigenvalue weighted by Gasteiger charge is 2.17. The molecule has 1 aromatic carbocycles. The summed E-state index contributed by atoms with van der Waals surface area (Å²) in [6, 6.07) is 5.03. The van der Waals surface area contributed by atoms with Crippen molar-refractivity contribution in [3.63, 3.8) is 0 Å². The van der Waals surface area contributed by atoms with Gasteiger partial charge in [0.1, 0.15) is 11.6 Å². The third-order valence-corrected chi connectivity index (χ3v) is 2.31. The van der Waals surface area contributed by atoms with Gasteiger partial charge in [0.05, 0.1) is 11.1 Å². The van der Waals surface area contributed by atoms with E-state index in [-0.39, 0.29) is 22.4 Å². The van der Waals surface area contributed by atoms with Crippen LogP contribution in [-0.2, 0) is 0 Å². The lowest BCUT2D eigenvalue weighted by atomic mass is 10.0. The highest BCUT2D eigenvalue weighted by molar-refractivity contribution is 5.96. The fourth-order valence-corrected chi connectivity index (χ4v) is 1.56. The fraction of sp³-hybridized carbons (Fsp3) is 0. The lowest BCUT2D eigenvalue weighted by Gasteiger charge is -2.08. The number of aromatic hydroxyl groups is 1. The first-order valence-corrected chi connectivity index (χ1v) is 4.76. The maximum atomic E-state index is 13.6. The molecule has 4 nitrogen and oxygen atoms in total. The van der Waals surface area contributed by atoms with Crippen molar-refractivity contribution in [2.45, 2.75) is 0 Å². The van der Waals surface area contributed by atoms with Crippen LogP contribution in [0.15, 0.2) is 36.7 Å². The molecule has 0 radical (unpaired) electrons. The number of phenols is 1. The van der Waals surface area contributed by atoms with Crippen LogP contribution < -0.4 is 0 Å². The van der Waals surface area contributed by atoms with E-state index >= 15 is 0 Å². The topological polar surface area (TPSA) is 70.4 Å². The minimum atomic E-state index is -1.20. The Morgan fingerprint density at radius 3 is 2.71 bits per heavy atom. The quantitative estimate of drug-likeness (QED) is 0.834. The minimum Gasteiger partial charge on any atom is -0.507 e. The Morgan fingerprint density at radius 1 is 1.29 bits per heavy atom. The predicted molar refractivity (Wildman–Crippen MR) is 58.3 cm³/mol. The number of hydrogen-bond acceptors (Lipinski definition) is 3. The van der Waals surface area contributed by atoms with Crippen LogP contribution in [0.2, 0.25) is 0 Å². The molecule has 1 aromatic heterocycles. The number of carboxylic acid groups (broad SMARTS) is 1. The van der Waals surface area contributed by atoms with Crippen LogP contribution >= 0.6 is 0 Å². The smallest absolute Gasteiger partial charge is 0.336 e. The Kier molecular flexibility index (Phi) is 2.74. The summed E-state index contributed by atoms with van der Waals surface area (Å²) in [6.07, 6.45) is 2.51. The minimum absolute atomic E-state index is 0.0515. The first-order valence-electron chi connectivity index (χ1n) is 4.76. The molecule has 0 aliphatic carbocycles. The number of hydrogen-bond donors (Lipinski definition) is 2. The maximum absolute atomic E-state index is 13.6. The highest BCUT2D eigenvalue weighted by Crippen LogP contribution is 2.33. The first kappa shape index (κ1) is 11.1. The van der Waals surface area contributed by atoms with E-state index in [4.69, 9.17) is 5.11 Å². The van der Waals surface area contributed by atoms with Gasteiger partial charge in [-0.15, -0.1) is 0 Å². The zero-order valence-corrected chi connectivity index (χ0v) is 8.59. The molecule has 0 saturated heterocycles. The average molecular weight is 233 g/mol. The molecule has 0 fully saturated rings. The zero-order valence-electron chi connectivity index (χ0n) is 8.59. The zero-order chi connectivity index (χ0) is 12.4. The number of nitrogens with zero attached hydrogens (tertiary/aromatic N) is 1. The van der Waals surface area contributed by atoms with E-state index in [1.807, 2.05) is 0 Å². The van der Waals surface area contributed by atoms with E-state index in [0.29, 0.717) is 0 Å². The molecule has 0 bridgehead atoms. The predicted octanol–water partition coefficient (Wildman–Crippen LogP) is 2.29. The van der Waals surface area contributed by atoms with Gasteiger partial charge in [0, 0.05) is 18.0 Å². The molecule has 5 heteroatoms. The number of benzene rings is 1. The van der Waals surface area contributed by atoms with Crippen molar-refractivity contribution < 1.29 is 19.4 Å². The molecule has 0 spiro atoms. The molecule has 0 amide bonds. The second kappa shape index (κ2) is 4.21. The summed E-state index contributed by atoms with van der Waals surface area (Å²) in [7, 11) is 0. The van der Waals surface area contributed by atoms with Gasteiger partial charge in [-0.25, -0.2) is 9.18 Å². The van der Waals surface area contributed by atoms with Crippen LogP contribution in [-0.4, -0.2) is 21.2 Å². The number of halogens is 1. The summed E-state index contributed by atoms with van der Waals surface area (Å²) >= 11 is 0. The molecule has 0 aliphatic heterocycles. The molecule has 0 aliphatic rings. The molecular formula is C12H8FNO3. The number of aromatic nitrogens is 1. The summed E-state index contributed by atoms with van der Waals surface area (Å²) in [5.41, 5.74) is -0.214. The number of carbonyl (C=O) groups is 1. The standard InChI is InChI=1S/C12H8FNO3/c13-9-2-1-3-10(15)11(9)8-6-14-5-4-7(8)12(16)17/h1-6,15H,(H,16,17). The van der Waals surface area contributed by atoms with E-state index in [0.717, 1.165) is 6.07 Å². The average Bonchev–Trinajstić information content (AvgIpc) is 2.29. The third kappa shape index (κ3) is 1.94. The van der Waals surface area contributed by atoms with E-state index in [2.05, 4.69) is 4.98 Å². The third-order valence-electron chi connectivity index (χ3n) is 2.31. The fourth-order valence-electron chi connectivity index (χ4n) is 1.56. The summed E-state index contributed by atoms with van der Waals surface area (Å²) < 4.78 is 13.6. The van der Waals surface area contributed by atoms with Crippen LogP contribution in [0.1, 0.15) is 10.4 Å². The molecule has 2 aromatic rings. The van der Waals surface area contributed by atoms with E-state index < -0.39 is 11.8 Å². The van der Waals surface area contributed by atoms with Gasteiger partial charge in [0.15, 0.2) is 0 Å². The van der Waals surface area contributed by atoms with Crippen molar-refractivity contribution in [2.75, 3.05) is 0 Å². The van der Waals surface area contributed by atoms with Gasteiger partial charge in [-0.1, -0.05) is 6.07 Å².